The number of amides is 1. The normalized spacial score (nSPS) is 17.1. The Morgan fingerprint density at radius 2 is 2.00 bits per heavy atom. The molecule has 23 heavy (non-hydrogen) atoms. The molecule has 6 nitrogen and oxygen atoms in total. The van der Waals surface area contributed by atoms with E-state index in [0.29, 0.717) is 24.5 Å². The molecule has 0 bridgehead atoms. The Kier molecular flexibility index (Phi) is 7.38. The molecule has 1 heterocycles. The van der Waals surface area contributed by atoms with Crippen LogP contribution in [0.5, 0.6) is 11.5 Å². The van der Waals surface area contributed by atoms with Crippen molar-refractivity contribution in [3.05, 3.63) is 23.8 Å². The van der Waals surface area contributed by atoms with Gasteiger partial charge in [0.25, 0.3) is 0 Å². The van der Waals surface area contributed by atoms with Gasteiger partial charge in [0.15, 0.2) is 0 Å². The molecule has 1 amide bonds. The molecule has 1 saturated heterocycles. The first-order chi connectivity index (χ1) is 11.0. The largest absolute Gasteiger partial charge is 0.497 e. The standard InChI is InChI=1S/C15H19NO5.C2H6/c1-20-12-5-3-10(13(7-12)21-2)8-16-9-11(15(18)19)4-6-14(16)17;1-2/h3,5,7,11H,4,6,8-9H2,1-2H3,(H,18,19);1-2H3. The summed E-state index contributed by atoms with van der Waals surface area (Å²) in [6, 6.07) is 5.37. The van der Waals surface area contributed by atoms with Crippen LogP contribution in [-0.2, 0) is 16.1 Å². The number of carbonyl (C=O) groups is 2. The highest BCUT2D eigenvalue weighted by molar-refractivity contribution is 5.80. The maximum atomic E-state index is 12.0. The smallest absolute Gasteiger partial charge is 0.308 e. The molecule has 1 N–H and O–H groups in total. The van der Waals surface area contributed by atoms with Crippen LogP contribution >= 0.6 is 0 Å². The van der Waals surface area contributed by atoms with Crippen LogP contribution in [0.25, 0.3) is 0 Å². The molecule has 1 atom stereocenters. The number of methoxy groups -OCH3 is 2. The molecule has 2 rings (SSSR count). The van der Waals surface area contributed by atoms with Gasteiger partial charge in [-0.15, -0.1) is 0 Å². The Morgan fingerprint density at radius 1 is 1.30 bits per heavy atom. The third-order valence-electron chi connectivity index (χ3n) is 3.70. The first-order valence-electron chi connectivity index (χ1n) is 7.76. The van der Waals surface area contributed by atoms with E-state index in [2.05, 4.69) is 0 Å². The zero-order chi connectivity index (χ0) is 17.4. The summed E-state index contributed by atoms with van der Waals surface area (Å²) in [5, 5.41) is 9.10. The van der Waals surface area contributed by atoms with Crippen molar-refractivity contribution < 1.29 is 24.2 Å². The minimum Gasteiger partial charge on any atom is -0.497 e. The van der Waals surface area contributed by atoms with Crippen LogP contribution in [0.3, 0.4) is 0 Å². The van der Waals surface area contributed by atoms with Crippen molar-refractivity contribution in [3.8, 4) is 11.5 Å². The van der Waals surface area contributed by atoms with Crippen molar-refractivity contribution in [2.75, 3.05) is 20.8 Å². The summed E-state index contributed by atoms with van der Waals surface area (Å²) in [6.07, 6.45) is 0.680. The van der Waals surface area contributed by atoms with Crippen LogP contribution in [0, 0.1) is 5.92 Å². The lowest BCUT2D eigenvalue weighted by Crippen LogP contribution is -2.42. The summed E-state index contributed by atoms with van der Waals surface area (Å²) < 4.78 is 10.4. The average molecular weight is 323 g/mol. The predicted octanol–water partition coefficient (Wildman–Crippen LogP) is 2.55. The number of piperidine rings is 1. The Labute approximate surface area is 137 Å². The molecule has 0 saturated carbocycles. The van der Waals surface area contributed by atoms with Gasteiger partial charge in [-0.3, -0.25) is 9.59 Å². The van der Waals surface area contributed by atoms with E-state index >= 15 is 0 Å². The summed E-state index contributed by atoms with van der Waals surface area (Å²) >= 11 is 0. The van der Waals surface area contributed by atoms with Crippen LogP contribution in [0.2, 0.25) is 0 Å². The predicted molar refractivity (Wildman–Crippen MR) is 86.7 cm³/mol. The molecule has 0 spiro atoms. The van der Waals surface area contributed by atoms with Gasteiger partial charge in [-0.05, 0) is 18.6 Å². The number of carbonyl (C=O) groups excluding carboxylic acids is 1. The second kappa shape index (κ2) is 9.02. The number of ether oxygens (including phenoxy) is 2. The molecule has 0 aromatic heterocycles. The maximum absolute atomic E-state index is 12.0. The van der Waals surface area contributed by atoms with Gasteiger partial charge in [0.1, 0.15) is 11.5 Å². The number of benzene rings is 1. The lowest BCUT2D eigenvalue weighted by Gasteiger charge is -2.31. The summed E-state index contributed by atoms with van der Waals surface area (Å²) in [4.78, 5) is 24.6. The molecule has 1 unspecified atom stereocenters. The molecular formula is C17H25NO5. The van der Waals surface area contributed by atoms with Crippen LogP contribution in [0.4, 0.5) is 0 Å². The SMILES string of the molecule is CC.COc1ccc(CN2CC(C(=O)O)CCC2=O)c(OC)c1. The van der Waals surface area contributed by atoms with Gasteiger partial charge >= 0.3 is 5.97 Å². The Morgan fingerprint density at radius 3 is 2.57 bits per heavy atom. The first-order valence-corrected chi connectivity index (χ1v) is 7.76. The first kappa shape index (κ1) is 18.8. The minimum absolute atomic E-state index is 0.0228. The number of hydrogen-bond acceptors (Lipinski definition) is 4. The van der Waals surface area contributed by atoms with E-state index in [1.54, 1.807) is 31.3 Å². The van der Waals surface area contributed by atoms with Crippen LogP contribution in [0.15, 0.2) is 18.2 Å². The fourth-order valence-electron chi connectivity index (χ4n) is 2.46. The zero-order valence-electron chi connectivity index (χ0n) is 14.2. The molecule has 0 radical (unpaired) electrons. The fraction of sp³-hybridized carbons (Fsp3) is 0.529. The third-order valence-corrected chi connectivity index (χ3v) is 3.70. The minimum atomic E-state index is -0.853. The summed E-state index contributed by atoms with van der Waals surface area (Å²) in [5.41, 5.74) is 0.831. The van der Waals surface area contributed by atoms with Gasteiger partial charge in [-0.1, -0.05) is 13.8 Å². The van der Waals surface area contributed by atoms with Gasteiger partial charge in [0.2, 0.25) is 5.91 Å². The lowest BCUT2D eigenvalue weighted by atomic mass is 9.97. The Balaban J connectivity index is 0.00000127. The fourth-order valence-corrected chi connectivity index (χ4v) is 2.46. The van der Waals surface area contributed by atoms with Crippen molar-refractivity contribution >= 4 is 11.9 Å². The van der Waals surface area contributed by atoms with E-state index in [1.165, 1.54) is 0 Å². The summed E-state index contributed by atoms with van der Waals surface area (Å²) in [5.74, 6) is -0.0740. The second-order valence-electron chi connectivity index (χ2n) is 5.03. The molecule has 1 aliphatic heterocycles. The molecule has 0 aliphatic carbocycles. The Bertz CT molecular complexity index is 544. The molecule has 1 aliphatic rings. The van der Waals surface area contributed by atoms with Crippen molar-refractivity contribution in [1.29, 1.82) is 0 Å². The van der Waals surface area contributed by atoms with Crippen LogP contribution in [0.1, 0.15) is 32.3 Å². The molecule has 1 aromatic rings. The zero-order valence-corrected chi connectivity index (χ0v) is 14.2. The van der Waals surface area contributed by atoms with Gasteiger partial charge < -0.3 is 19.5 Å². The van der Waals surface area contributed by atoms with Gasteiger partial charge in [0.05, 0.1) is 20.1 Å². The van der Waals surface area contributed by atoms with Crippen molar-refractivity contribution in [2.24, 2.45) is 5.92 Å². The highest BCUT2D eigenvalue weighted by Gasteiger charge is 2.30. The molecule has 128 valence electrons. The molecule has 6 heteroatoms. The molecule has 1 aromatic carbocycles. The van der Waals surface area contributed by atoms with E-state index in [4.69, 9.17) is 14.6 Å². The van der Waals surface area contributed by atoms with E-state index in [1.807, 2.05) is 19.9 Å². The van der Waals surface area contributed by atoms with E-state index < -0.39 is 11.9 Å². The van der Waals surface area contributed by atoms with E-state index in [9.17, 15) is 9.59 Å². The van der Waals surface area contributed by atoms with Crippen molar-refractivity contribution in [2.45, 2.75) is 33.2 Å². The number of likely N-dealkylation sites (tertiary alicyclic amines) is 1. The molecular weight excluding hydrogens is 298 g/mol. The lowest BCUT2D eigenvalue weighted by molar-refractivity contribution is -0.147. The second-order valence-corrected chi connectivity index (χ2v) is 5.03. The van der Waals surface area contributed by atoms with Crippen LogP contribution < -0.4 is 9.47 Å². The quantitative estimate of drug-likeness (QED) is 0.901. The van der Waals surface area contributed by atoms with E-state index in [-0.39, 0.29) is 18.9 Å². The van der Waals surface area contributed by atoms with Gasteiger partial charge in [0, 0.05) is 31.1 Å². The number of carboxylic acids is 1. The summed E-state index contributed by atoms with van der Waals surface area (Å²) in [6.45, 7) is 4.58. The highest BCUT2D eigenvalue weighted by atomic mass is 16.5. The molecule has 1 fully saturated rings. The average Bonchev–Trinajstić information content (AvgIpc) is 2.58. The van der Waals surface area contributed by atoms with Gasteiger partial charge in [-0.25, -0.2) is 0 Å². The number of nitrogens with zero attached hydrogens (tertiary/aromatic N) is 1. The van der Waals surface area contributed by atoms with Crippen molar-refractivity contribution in [3.63, 3.8) is 0 Å². The number of hydrogen-bond donors (Lipinski definition) is 1. The number of aliphatic carboxylic acids is 1. The third kappa shape index (κ3) is 4.87. The van der Waals surface area contributed by atoms with E-state index in [0.717, 1.165) is 5.56 Å². The monoisotopic (exact) mass is 323 g/mol. The van der Waals surface area contributed by atoms with Gasteiger partial charge in [-0.2, -0.15) is 0 Å². The van der Waals surface area contributed by atoms with Crippen LogP contribution in [-0.4, -0.2) is 42.6 Å². The summed E-state index contributed by atoms with van der Waals surface area (Å²) in [7, 11) is 3.12. The number of rotatable bonds is 5. The maximum Gasteiger partial charge on any atom is 0.308 e. The highest BCUT2D eigenvalue weighted by Crippen LogP contribution is 2.27. The van der Waals surface area contributed by atoms with Crippen molar-refractivity contribution in [1.82, 2.24) is 4.90 Å². The Hall–Kier alpha value is -2.24. The topological polar surface area (TPSA) is 76.1 Å². The number of carboxylic acid groups (broad SMARTS) is 1.